The molecular weight excluding hydrogens is 344 g/mol. The largest absolute Gasteiger partial charge is 0.465 e. The van der Waals surface area contributed by atoms with Crippen LogP contribution in [-0.2, 0) is 12.0 Å². The topological polar surface area (TPSA) is 89.8 Å². The lowest BCUT2D eigenvalue weighted by Crippen LogP contribution is -2.38. The van der Waals surface area contributed by atoms with Crippen molar-refractivity contribution in [3.63, 3.8) is 0 Å². The monoisotopic (exact) mass is 372 g/mol. The van der Waals surface area contributed by atoms with E-state index < -0.39 is 11.7 Å². The summed E-state index contributed by atoms with van der Waals surface area (Å²) in [7, 11) is 1.81. The Labute approximate surface area is 160 Å². The molecule has 0 saturated carbocycles. The van der Waals surface area contributed by atoms with Crippen LogP contribution >= 0.6 is 0 Å². The third-order valence-electron chi connectivity index (χ3n) is 4.32. The predicted molar refractivity (Wildman–Crippen MR) is 105 cm³/mol. The Balaban J connectivity index is 1.88. The van der Waals surface area contributed by atoms with E-state index >= 15 is 0 Å². The van der Waals surface area contributed by atoms with Gasteiger partial charge in [-0.1, -0.05) is 30.3 Å². The van der Waals surface area contributed by atoms with Gasteiger partial charge in [0, 0.05) is 32.9 Å². The molecule has 0 fully saturated rings. The molecule has 0 bridgehead atoms. The average molecular weight is 372 g/mol. The summed E-state index contributed by atoms with van der Waals surface area (Å²) >= 11 is 0. The summed E-state index contributed by atoms with van der Waals surface area (Å²) in [5.74, 6) is 0.462. The normalized spacial score (nSPS) is 11.3. The van der Waals surface area contributed by atoms with Gasteiger partial charge >= 0.3 is 6.09 Å². The zero-order valence-corrected chi connectivity index (χ0v) is 16.2. The van der Waals surface area contributed by atoms with E-state index in [0.717, 1.165) is 12.8 Å². The van der Waals surface area contributed by atoms with Crippen molar-refractivity contribution >= 4 is 12.0 Å². The lowest BCUT2D eigenvalue weighted by Gasteiger charge is -2.24. The van der Waals surface area contributed by atoms with Crippen LogP contribution in [0.3, 0.4) is 0 Å². The first kappa shape index (κ1) is 20.6. The number of hydrogen-bond acceptors (Lipinski definition) is 5. The number of aryl methyl sites for hydroxylation is 1. The maximum Gasteiger partial charge on any atom is 0.407 e. The molecule has 0 aliphatic rings. The minimum atomic E-state index is -1.05. The number of carboxylic acid groups (broad SMARTS) is 1. The number of anilines is 1. The molecular formula is C20H28N4O3. The summed E-state index contributed by atoms with van der Waals surface area (Å²) in [6, 6.07) is 11.7. The molecule has 0 saturated heterocycles. The molecule has 0 aliphatic carbocycles. The summed E-state index contributed by atoms with van der Waals surface area (Å²) in [5, 5.41) is 19.5. The van der Waals surface area contributed by atoms with Gasteiger partial charge in [0.05, 0.1) is 5.69 Å². The first-order chi connectivity index (χ1) is 12.8. The number of amides is 1. The van der Waals surface area contributed by atoms with Gasteiger partial charge in [0.1, 0.15) is 5.60 Å². The number of likely N-dealkylation sites (N-methyl/N-ethyl adjacent to an activating group) is 1. The van der Waals surface area contributed by atoms with E-state index in [4.69, 9.17) is 0 Å². The van der Waals surface area contributed by atoms with E-state index in [1.807, 2.05) is 37.4 Å². The highest BCUT2D eigenvalue weighted by molar-refractivity contribution is 5.65. The number of hydrogen-bond donors (Lipinski definition) is 2. The molecule has 7 nitrogen and oxygen atoms in total. The van der Waals surface area contributed by atoms with Crippen molar-refractivity contribution in [2.45, 2.75) is 32.3 Å². The molecule has 0 aliphatic heterocycles. The van der Waals surface area contributed by atoms with Crippen molar-refractivity contribution in [1.29, 1.82) is 0 Å². The summed E-state index contributed by atoms with van der Waals surface area (Å²) < 4.78 is 0. The second-order valence-electron chi connectivity index (χ2n) is 7.08. The fourth-order valence-corrected chi connectivity index (χ4v) is 2.67. The first-order valence-corrected chi connectivity index (χ1v) is 9.06. The number of rotatable bonds is 9. The second kappa shape index (κ2) is 9.32. The fourth-order valence-electron chi connectivity index (χ4n) is 2.67. The Kier molecular flexibility index (Phi) is 7.12. The fraction of sp³-hybridized carbons (Fsp3) is 0.450. The van der Waals surface area contributed by atoms with Crippen molar-refractivity contribution < 1.29 is 15.0 Å². The molecule has 0 radical (unpaired) electrons. The van der Waals surface area contributed by atoms with Crippen LogP contribution in [0.2, 0.25) is 0 Å². The van der Waals surface area contributed by atoms with Crippen molar-refractivity contribution in [3.05, 3.63) is 53.9 Å². The Hall–Kier alpha value is -2.67. The molecule has 7 heteroatoms. The molecule has 146 valence electrons. The van der Waals surface area contributed by atoms with E-state index in [0.29, 0.717) is 31.3 Å². The first-order valence-electron chi connectivity index (χ1n) is 9.06. The van der Waals surface area contributed by atoms with E-state index in [-0.39, 0.29) is 0 Å². The zero-order valence-electron chi connectivity index (χ0n) is 16.2. The molecule has 0 unspecified atom stereocenters. The number of benzene rings is 1. The molecule has 27 heavy (non-hydrogen) atoms. The number of carbonyl (C=O) groups is 1. The van der Waals surface area contributed by atoms with E-state index in [1.54, 1.807) is 31.0 Å². The van der Waals surface area contributed by atoms with E-state index in [2.05, 4.69) is 9.97 Å². The standard InChI is InChI=1S/C20H28N4O3/c1-20(2,27)17-11-12-21-18(22-17)23(3)14-15-24(19(25)26)13-7-10-16-8-5-4-6-9-16/h4-6,8-9,11-12,27H,7,10,13-15H2,1-3H3,(H,25,26). The van der Waals surface area contributed by atoms with E-state index in [1.165, 1.54) is 10.5 Å². The van der Waals surface area contributed by atoms with Gasteiger partial charge in [-0.2, -0.15) is 0 Å². The van der Waals surface area contributed by atoms with Crippen LogP contribution in [0.5, 0.6) is 0 Å². The van der Waals surface area contributed by atoms with Gasteiger partial charge in [0.25, 0.3) is 0 Å². The Morgan fingerprint density at radius 1 is 1.11 bits per heavy atom. The SMILES string of the molecule is CN(CCN(CCCc1ccccc1)C(=O)O)c1nccc(C(C)(C)O)n1. The van der Waals surface area contributed by atoms with Crippen LogP contribution in [-0.4, -0.2) is 57.9 Å². The van der Waals surface area contributed by atoms with Crippen molar-refractivity contribution in [2.24, 2.45) is 0 Å². The van der Waals surface area contributed by atoms with Crippen LogP contribution < -0.4 is 4.90 Å². The molecule has 1 aromatic carbocycles. The van der Waals surface area contributed by atoms with Gasteiger partial charge in [-0.15, -0.1) is 0 Å². The van der Waals surface area contributed by atoms with Crippen LogP contribution in [0, 0.1) is 0 Å². The van der Waals surface area contributed by atoms with Crippen LogP contribution in [0.4, 0.5) is 10.7 Å². The Bertz CT molecular complexity index is 732. The highest BCUT2D eigenvalue weighted by Crippen LogP contribution is 2.18. The lowest BCUT2D eigenvalue weighted by molar-refractivity contribution is 0.0738. The molecule has 1 heterocycles. The van der Waals surface area contributed by atoms with Gasteiger partial charge in [-0.05, 0) is 38.3 Å². The van der Waals surface area contributed by atoms with Crippen LogP contribution in [0.1, 0.15) is 31.5 Å². The molecule has 1 amide bonds. The maximum absolute atomic E-state index is 11.5. The van der Waals surface area contributed by atoms with Gasteiger partial charge in [-0.25, -0.2) is 14.8 Å². The van der Waals surface area contributed by atoms with E-state index in [9.17, 15) is 15.0 Å². The smallest absolute Gasteiger partial charge is 0.407 e. The summed E-state index contributed by atoms with van der Waals surface area (Å²) in [4.78, 5) is 23.3. The number of aliphatic hydroxyl groups is 1. The Morgan fingerprint density at radius 3 is 2.44 bits per heavy atom. The van der Waals surface area contributed by atoms with Crippen LogP contribution in [0.25, 0.3) is 0 Å². The highest BCUT2D eigenvalue weighted by atomic mass is 16.4. The minimum Gasteiger partial charge on any atom is -0.465 e. The van der Waals surface area contributed by atoms with Gasteiger partial charge < -0.3 is 20.0 Å². The highest BCUT2D eigenvalue weighted by Gasteiger charge is 2.19. The minimum absolute atomic E-state index is 0.358. The molecule has 2 rings (SSSR count). The molecule has 2 aromatic rings. The number of nitrogens with zero attached hydrogens (tertiary/aromatic N) is 4. The van der Waals surface area contributed by atoms with Gasteiger partial charge in [0.15, 0.2) is 0 Å². The predicted octanol–water partition coefficient (Wildman–Crippen LogP) is 2.75. The van der Waals surface area contributed by atoms with Crippen molar-refractivity contribution in [1.82, 2.24) is 14.9 Å². The van der Waals surface area contributed by atoms with Gasteiger partial charge in [0.2, 0.25) is 5.95 Å². The van der Waals surface area contributed by atoms with Crippen molar-refractivity contribution in [3.8, 4) is 0 Å². The number of aromatic nitrogens is 2. The van der Waals surface area contributed by atoms with Crippen molar-refractivity contribution in [2.75, 3.05) is 31.6 Å². The molecule has 1 aromatic heterocycles. The molecule has 0 atom stereocenters. The quantitative estimate of drug-likeness (QED) is 0.703. The van der Waals surface area contributed by atoms with Gasteiger partial charge in [-0.3, -0.25) is 0 Å². The maximum atomic E-state index is 11.5. The summed E-state index contributed by atoms with van der Waals surface area (Å²) in [6.45, 7) is 4.63. The third kappa shape index (κ3) is 6.53. The average Bonchev–Trinajstić information content (AvgIpc) is 2.64. The lowest BCUT2D eigenvalue weighted by atomic mass is 10.1. The summed E-state index contributed by atoms with van der Waals surface area (Å²) in [6.07, 6.45) is 2.28. The zero-order chi connectivity index (χ0) is 19.9. The second-order valence-corrected chi connectivity index (χ2v) is 7.08. The molecule has 2 N–H and O–H groups in total. The Morgan fingerprint density at radius 2 is 1.81 bits per heavy atom. The van der Waals surface area contributed by atoms with Crippen LogP contribution in [0.15, 0.2) is 42.6 Å². The third-order valence-corrected chi connectivity index (χ3v) is 4.32. The summed E-state index contributed by atoms with van der Waals surface area (Å²) in [5.41, 5.74) is 0.678. The molecule has 0 spiro atoms.